The van der Waals surface area contributed by atoms with E-state index in [1.807, 2.05) is 0 Å². The number of ether oxygens (including phenoxy) is 1. The van der Waals surface area contributed by atoms with Crippen LogP contribution >= 0.6 is 0 Å². The van der Waals surface area contributed by atoms with Gasteiger partial charge in [0.1, 0.15) is 11.4 Å². The van der Waals surface area contributed by atoms with E-state index in [1.54, 1.807) is 37.3 Å². The fraction of sp³-hybridized carbons (Fsp3) is 0.182. The molecule has 2 aromatic carbocycles. The number of aromatic nitrogens is 2. The second-order valence-corrected chi connectivity index (χ2v) is 6.97. The van der Waals surface area contributed by atoms with Gasteiger partial charge in [-0.05, 0) is 18.6 Å². The Hall–Kier alpha value is -4.54. The molecule has 0 radical (unpaired) electrons. The molecule has 0 spiro atoms. The van der Waals surface area contributed by atoms with Crippen LogP contribution in [0.25, 0.3) is 0 Å². The van der Waals surface area contributed by atoms with Crippen LogP contribution in [0.5, 0.6) is 0 Å². The lowest BCUT2D eigenvalue weighted by molar-refractivity contribution is -0.384. The molecule has 33 heavy (non-hydrogen) atoms. The fourth-order valence-corrected chi connectivity index (χ4v) is 3.21. The summed E-state index contributed by atoms with van der Waals surface area (Å²) in [6.45, 7) is 0.761. The molecule has 0 aliphatic carbocycles. The molecule has 3 aromatic rings. The van der Waals surface area contributed by atoms with E-state index in [9.17, 15) is 29.3 Å². The van der Waals surface area contributed by atoms with Crippen LogP contribution in [0.2, 0.25) is 0 Å². The van der Waals surface area contributed by atoms with Crippen LogP contribution in [0.3, 0.4) is 0 Å². The molecule has 1 heterocycles. The maximum Gasteiger partial charge on any atom is 0.338 e. The Labute approximate surface area is 186 Å². The Morgan fingerprint density at radius 2 is 1.76 bits per heavy atom. The zero-order valence-corrected chi connectivity index (χ0v) is 17.6. The largest absolute Gasteiger partial charge is 0.454 e. The van der Waals surface area contributed by atoms with Gasteiger partial charge in [-0.15, -0.1) is 0 Å². The summed E-state index contributed by atoms with van der Waals surface area (Å²) in [7, 11) is 0. The Bertz CT molecular complexity index is 1340. The molecule has 170 valence electrons. The quantitative estimate of drug-likeness (QED) is 0.234. The van der Waals surface area contributed by atoms with Crippen molar-refractivity contribution in [1.29, 1.82) is 0 Å². The summed E-state index contributed by atoms with van der Waals surface area (Å²) in [5, 5.41) is 10.9. The number of carbonyl (C=O) groups excluding carboxylic acids is 2. The third-order valence-corrected chi connectivity index (χ3v) is 4.87. The number of ketones is 1. The lowest BCUT2D eigenvalue weighted by Crippen LogP contribution is -2.44. The number of hydrogen-bond acceptors (Lipinski definition) is 8. The molecule has 0 unspecified atom stereocenters. The van der Waals surface area contributed by atoms with Crippen LogP contribution in [0.1, 0.15) is 33.2 Å². The van der Waals surface area contributed by atoms with Crippen LogP contribution in [-0.4, -0.2) is 32.4 Å². The Kier molecular flexibility index (Phi) is 6.82. The third-order valence-electron chi connectivity index (χ3n) is 4.87. The molecule has 3 rings (SSSR count). The van der Waals surface area contributed by atoms with Crippen molar-refractivity contribution in [3.8, 4) is 0 Å². The fourth-order valence-electron chi connectivity index (χ4n) is 3.21. The average Bonchev–Trinajstić information content (AvgIpc) is 2.81. The molecular formula is C22H20N4O7. The molecule has 0 bridgehead atoms. The van der Waals surface area contributed by atoms with Gasteiger partial charge >= 0.3 is 11.7 Å². The zero-order valence-electron chi connectivity index (χ0n) is 17.6. The minimum Gasteiger partial charge on any atom is -0.454 e. The van der Waals surface area contributed by atoms with Crippen molar-refractivity contribution < 1.29 is 19.2 Å². The standard InChI is InChI=1S/C22H20N4O7/c1-2-24-20(28)18(19(23)25(22(24)30)12-14-7-4-3-5-8-14)17(27)13-33-21(29)15-9-6-10-16(11-15)26(31)32/h3-11H,2,12-13,23H2,1H3. The molecule has 0 atom stereocenters. The molecule has 0 saturated heterocycles. The number of non-ortho nitro benzene ring substituents is 1. The number of nitro benzene ring substituents is 1. The second-order valence-electron chi connectivity index (χ2n) is 6.97. The SMILES string of the molecule is CCn1c(=O)c(C(=O)COC(=O)c2cccc([N+](=O)[O-])c2)c(N)n(Cc2ccccc2)c1=O. The molecular weight excluding hydrogens is 432 g/mol. The smallest absolute Gasteiger partial charge is 0.338 e. The minimum absolute atomic E-state index is 0.000483. The number of nitrogens with zero attached hydrogens (tertiary/aromatic N) is 3. The van der Waals surface area contributed by atoms with Crippen molar-refractivity contribution in [1.82, 2.24) is 9.13 Å². The van der Waals surface area contributed by atoms with E-state index >= 15 is 0 Å². The first-order chi connectivity index (χ1) is 15.7. The van der Waals surface area contributed by atoms with E-state index in [2.05, 4.69) is 0 Å². The summed E-state index contributed by atoms with van der Waals surface area (Å²) in [6.07, 6.45) is 0. The zero-order chi connectivity index (χ0) is 24.1. The van der Waals surface area contributed by atoms with Gasteiger partial charge in [0.05, 0.1) is 17.0 Å². The normalized spacial score (nSPS) is 10.6. The predicted molar refractivity (Wildman–Crippen MR) is 118 cm³/mol. The van der Waals surface area contributed by atoms with Crippen molar-refractivity contribution in [3.05, 3.63) is 102 Å². The predicted octanol–water partition coefficient (Wildman–Crippen LogP) is 1.61. The van der Waals surface area contributed by atoms with E-state index in [1.165, 1.54) is 18.2 Å². The monoisotopic (exact) mass is 452 g/mol. The van der Waals surface area contributed by atoms with Crippen LogP contribution < -0.4 is 17.0 Å². The van der Waals surface area contributed by atoms with Gasteiger partial charge in [0.25, 0.3) is 11.2 Å². The molecule has 0 amide bonds. The molecule has 0 aliphatic heterocycles. The number of rotatable bonds is 8. The maximum atomic E-state index is 12.8. The maximum absolute atomic E-state index is 12.8. The lowest BCUT2D eigenvalue weighted by atomic mass is 10.1. The molecule has 0 fully saturated rings. The van der Waals surface area contributed by atoms with Gasteiger partial charge in [0.2, 0.25) is 5.78 Å². The van der Waals surface area contributed by atoms with Crippen LogP contribution in [0.15, 0.2) is 64.2 Å². The first kappa shape index (κ1) is 23.1. The van der Waals surface area contributed by atoms with Gasteiger partial charge in [0, 0.05) is 18.7 Å². The molecule has 2 N–H and O–H groups in total. The topological polar surface area (TPSA) is 157 Å². The number of nitrogens with two attached hydrogens (primary N) is 1. The van der Waals surface area contributed by atoms with Crippen molar-refractivity contribution in [2.45, 2.75) is 20.0 Å². The third kappa shape index (κ3) is 4.87. The highest BCUT2D eigenvalue weighted by Gasteiger charge is 2.24. The summed E-state index contributed by atoms with van der Waals surface area (Å²) in [5.74, 6) is -2.23. The summed E-state index contributed by atoms with van der Waals surface area (Å²) in [6, 6.07) is 13.7. The van der Waals surface area contributed by atoms with Crippen LogP contribution in [0.4, 0.5) is 11.5 Å². The molecule has 1 aromatic heterocycles. The van der Waals surface area contributed by atoms with E-state index in [-0.39, 0.29) is 30.2 Å². The number of carbonyl (C=O) groups is 2. The number of hydrogen-bond donors (Lipinski definition) is 1. The highest BCUT2D eigenvalue weighted by molar-refractivity contribution is 6.02. The molecule has 11 nitrogen and oxygen atoms in total. The minimum atomic E-state index is -0.987. The van der Waals surface area contributed by atoms with Crippen molar-refractivity contribution >= 4 is 23.3 Å². The van der Waals surface area contributed by atoms with Gasteiger partial charge in [0.15, 0.2) is 6.61 Å². The van der Waals surface area contributed by atoms with E-state index in [0.717, 1.165) is 20.8 Å². The highest BCUT2D eigenvalue weighted by atomic mass is 16.6. The van der Waals surface area contributed by atoms with Crippen LogP contribution in [-0.2, 0) is 17.8 Å². The molecule has 0 aliphatic rings. The van der Waals surface area contributed by atoms with E-state index in [0.29, 0.717) is 0 Å². The number of benzene rings is 2. The first-order valence-electron chi connectivity index (χ1n) is 9.86. The average molecular weight is 452 g/mol. The molecule has 0 saturated carbocycles. The number of nitrogen functional groups attached to an aromatic ring is 1. The van der Waals surface area contributed by atoms with Gasteiger partial charge in [-0.1, -0.05) is 36.4 Å². The first-order valence-corrected chi connectivity index (χ1v) is 9.86. The highest BCUT2D eigenvalue weighted by Crippen LogP contribution is 2.15. The number of Topliss-reactive ketones (excluding diaryl/α,β-unsaturated/α-hetero) is 1. The Morgan fingerprint density at radius 1 is 1.06 bits per heavy atom. The second kappa shape index (κ2) is 9.73. The lowest BCUT2D eigenvalue weighted by Gasteiger charge is -2.15. The number of anilines is 1. The summed E-state index contributed by atoms with van der Waals surface area (Å²) in [5.41, 5.74) is 4.28. The Balaban J connectivity index is 1.91. The molecule has 11 heteroatoms. The van der Waals surface area contributed by atoms with Gasteiger partial charge in [-0.25, -0.2) is 9.59 Å². The van der Waals surface area contributed by atoms with Gasteiger partial charge in [-0.2, -0.15) is 0 Å². The number of nitro groups is 1. The Morgan fingerprint density at radius 3 is 2.39 bits per heavy atom. The van der Waals surface area contributed by atoms with Crippen molar-refractivity contribution in [2.75, 3.05) is 12.3 Å². The van der Waals surface area contributed by atoms with Crippen LogP contribution in [0, 0.1) is 10.1 Å². The van der Waals surface area contributed by atoms with Gasteiger partial charge < -0.3 is 10.5 Å². The summed E-state index contributed by atoms with van der Waals surface area (Å²) < 4.78 is 6.93. The van der Waals surface area contributed by atoms with E-state index < -0.39 is 40.1 Å². The van der Waals surface area contributed by atoms with Gasteiger partial charge in [-0.3, -0.25) is 28.8 Å². The summed E-state index contributed by atoms with van der Waals surface area (Å²) in [4.78, 5) is 60.7. The summed E-state index contributed by atoms with van der Waals surface area (Å²) >= 11 is 0. The van der Waals surface area contributed by atoms with Crippen molar-refractivity contribution in [3.63, 3.8) is 0 Å². The number of esters is 1. The van der Waals surface area contributed by atoms with E-state index in [4.69, 9.17) is 10.5 Å². The van der Waals surface area contributed by atoms with Crippen molar-refractivity contribution in [2.24, 2.45) is 0 Å².